The molecule has 3 rings (SSSR count). The lowest BCUT2D eigenvalue weighted by atomic mass is 10.1. The lowest BCUT2D eigenvalue weighted by molar-refractivity contribution is 0.100. The van der Waals surface area contributed by atoms with E-state index in [-0.39, 0.29) is 17.7 Å². The molecule has 32 heavy (non-hydrogen) atoms. The average Bonchev–Trinajstić information content (AvgIpc) is 2.74. The Morgan fingerprint density at radius 1 is 1.12 bits per heavy atom. The zero-order valence-corrected chi connectivity index (χ0v) is 17.9. The molecule has 0 aliphatic rings. The number of nitrogens with one attached hydrogen (secondary N) is 2. The van der Waals surface area contributed by atoms with Gasteiger partial charge < -0.3 is 26.0 Å². The highest BCUT2D eigenvalue weighted by Crippen LogP contribution is 2.24. The van der Waals surface area contributed by atoms with Crippen molar-refractivity contribution < 1.29 is 18.3 Å². The molecule has 0 aliphatic carbocycles. The summed E-state index contributed by atoms with van der Waals surface area (Å²) >= 11 is 0. The Morgan fingerprint density at radius 3 is 2.44 bits per heavy atom. The van der Waals surface area contributed by atoms with Crippen LogP contribution in [0.25, 0.3) is 0 Å². The van der Waals surface area contributed by atoms with Crippen molar-refractivity contribution in [3.8, 4) is 5.75 Å². The molecule has 0 radical (unpaired) electrons. The minimum Gasteiger partial charge on any atom is -0.492 e. The molecule has 0 saturated carbocycles. The van der Waals surface area contributed by atoms with E-state index in [0.717, 1.165) is 18.0 Å². The molecule has 1 amide bonds. The van der Waals surface area contributed by atoms with Gasteiger partial charge in [0.2, 0.25) is 0 Å². The van der Waals surface area contributed by atoms with Crippen molar-refractivity contribution in [1.29, 1.82) is 0 Å². The summed E-state index contributed by atoms with van der Waals surface area (Å²) in [6, 6.07) is 12.5. The van der Waals surface area contributed by atoms with Gasteiger partial charge in [-0.1, -0.05) is 6.07 Å². The third-order valence-corrected chi connectivity index (χ3v) is 4.62. The zero-order valence-electron chi connectivity index (χ0n) is 17.9. The standard InChI is InChI=1S/C23H25F2N5O2/c1-30(2)10-11-32-16-8-6-15(7-9-16)29-22-12-21(18(14-28-22)23(26)31)27-13-17-19(24)4-3-5-20(17)25/h3-9,12,14H,10-11,13H2,1-2H3,(H2,26,31)(H2,27,28,29). The number of amides is 1. The average molecular weight is 441 g/mol. The smallest absolute Gasteiger partial charge is 0.252 e. The van der Waals surface area contributed by atoms with Gasteiger partial charge in [-0.25, -0.2) is 13.8 Å². The highest BCUT2D eigenvalue weighted by molar-refractivity contribution is 5.98. The Bertz CT molecular complexity index is 1050. The van der Waals surface area contributed by atoms with E-state index in [4.69, 9.17) is 10.5 Å². The second-order valence-electron chi connectivity index (χ2n) is 7.33. The minimum atomic E-state index is -0.709. The molecule has 2 aromatic carbocycles. The van der Waals surface area contributed by atoms with E-state index in [2.05, 4.69) is 15.6 Å². The van der Waals surface area contributed by atoms with E-state index in [0.29, 0.717) is 18.1 Å². The number of ether oxygens (including phenoxy) is 1. The number of nitrogens with two attached hydrogens (primary N) is 1. The van der Waals surface area contributed by atoms with Gasteiger partial charge in [0.1, 0.15) is 29.8 Å². The molecule has 168 valence electrons. The van der Waals surface area contributed by atoms with Crippen LogP contribution in [0.3, 0.4) is 0 Å². The van der Waals surface area contributed by atoms with Crippen LogP contribution < -0.4 is 21.1 Å². The number of benzene rings is 2. The zero-order chi connectivity index (χ0) is 23.1. The Morgan fingerprint density at radius 2 is 1.81 bits per heavy atom. The van der Waals surface area contributed by atoms with Crippen molar-refractivity contribution >= 4 is 23.1 Å². The van der Waals surface area contributed by atoms with Crippen LogP contribution in [0.15, 0.2) is 54.7 Å². The quantitative estimate of drug-likeness (QED) is 0.444. The molecule has 0 atom stereocenters. The fourth-order valence-corrected chi connectivity index (χ4v) is 2.88. The molecule has 1 aromatic heterocycles. The molecule has 9 heteroatoms. The molecule has 0 fully saturated rings. The van der Waals surface area contributed by atoms with Gasteiger partial charge in [0.15, 0.2) is 0 Å². The first-order chi connectivity index (χ1) is 15.3. The minimum absolute atomic E-state index is 0.108. The van der Waals surface area contributed by atoms with Crippen molar-refractivity contribution in [2.75, 3.05) is 37.9 Å². The fraction of sp³-hybridized carbons (Fsp3) is 0.217. The number of likely N-dealkylation sites (N-methyl/N-ethyl adjacent to an activating group) is 1. The summed E-state index contributed by atoms with van der Waals surface area (Å²) < 4.78 is 33.5. The van der Waals surface area contributed by atoms with Crippen LogP contribution in [0.4, 0.5) is 26.0 Å². The molecule has 7 nitrogen and oxygen atoms in total. The number of pyridine rings is 1. The van der Waals surface area contributed by atoms with Gasteiger partial charge in [0.05, 0.1) is 11.3 Å². The highest BCUT2D eigenvalue weighted by atomic mass is 19.1. The maximum absolute atomic E-state index is 13.9. The Hall–Kier alpha value is -3.72. The number of anilines is 3. The van der Waals surface area contributed by atoms with E-state index in [1.54, 1.807) is 6.07 Å². The summed E-state index contributed by atoms with van der Waals surface area (Å²) in [5.41, 5.74) is 6.44. The first kappa shape index (κ1) is 23.0. The normalized spacial score (nSPS) is 10.8. The summed E-state index contributed by atoms with van der Waals surface area (Å²) in [4.78, 5) is 18.0. The van der Waals surface area contributed by atoms with E-state index in [1.807, 2.05) is 43.3 Å². The monoisotopic (exact) mass is 441 g/mol. The molecular formula is C23H25F2N5O2. The van der Waals surface area contributed by atoms with Crippen LogP contribution in [0.5, 0.6) is 5.75 Å². The van der Waals surface area contributed by atoms with Gasteiger partial charge in [-0.15, -0.1) is 0 Å². The van der Waals surface area contributed by atoms with Gasteiger partial charge in [-0.3, -0.25) is 4.79 Å². The first-order valence-electron chi connectivity index (χ1n) is 9.94. The lowest BCUT2D eigenvalue weighted by Gasteiger charge is -2.14. The van der Waals surface area contributed by atoms with E-state index < -0.39 is 17.5 Å². The van der Waals surface area contributed by atoms with Crippen molar-refractivity contribution in [1.82, 2.24) is 9.88 Å². The van der Waals surface area contributed by atoms with Gasteiger partial charge in [0, 0.05) is 36.6 Å². The second-order valence-corrected chi connectivity index (χ2v) is 7.33. The van der Waals surface area contributed by atoms with E-state index >= 15 is 0 Å². The molecule has 0 unspecified atom stereocenters. The summed E-state index contributed by atoms with van der Waals surface area (Å²) in [7, 11) is 3.95. The first-order valence-corrected chi connectivity index (χ1v) is 9.94. The number of nitrogens with zero attached hydrogens (tertiary/aromatic N) is 2. The predicted octanol–water partition coefficient (Wildman–Crippen LogP) is 3.75. The molecule has 0 aliphatic heterocycles. The molecular weight excluding hydrogens is 416 g/mol. The molecule has 1 heterocycles. The van der Waals surface area contributed by atoms with Crippen LogP contribution in [-0.2, 0) is 6.54 Å². The van der Waals surface area contributed by atoms with Crippen molar-refractivity contribution in [3.63, 3.8) is 0 Å². The molecule has 3 aromatic rings. The van der Waals surface area contributed by atoms with E-state index in [9.17, 15) is 13.6 Å². The van der Waals surface area contributed by atoms with Crippen LogP contribution in [0.1, 0.15) is 15.9 Å². The number of primary amides is 1. The van der Waals surface area contributed by atoms with Gasteiger partial charge in [0.25, 0.3) is 5.91 Å². The van der Waals surface area contributed by atoms with Crippen molar-refractivity contribution in [2.45, 2.75) is 6.54 Å². The largest absolute Gasteiger partial charge is 0.492 e. The highest BCUT2D eigenvalue weighted by Gasteiger charge is 2.13. The molecule has 4 N–H and O–H groups in total. The molecule has 0 saturated heterocycles. The van der Waals surface area contributed by atoms with Gasteiger partial charge in [-0.2, -0.15) is 0 Å². The van der Waals surface area contributed by atoms with Crippen LogP contribution >= 0.6 is 0 Å². The summed E-state index contributed by atoms with van der Waals surface area (Å²) in [5, 5.41) is 5.99. The SMILES string of the molecule is CN(C)CCOc1ccc(Nc2cc(NCc3c(F)cccc3F)c(C(N)=O)cn2)cc1. The maximum atomic E-state index is 13.9. The third kappa shape index (κ3) is 6.14. The number of hydrogen-bond acceptors (Lipinski definition) is 6. The predicted molar refractivity (Wildman–Crippen MR) is 120 cm³/mol. The number of carbonyl (C=O) groups is 1. The van der Waals surface area contributed by atoms with Crippen LogP contribution in [0.2, 0.25) is 0 Å². The summed E-state index contributed by atoms with van der Waals surface area (Å²) in [6.45, 7) is 1.22. The lowest BCUT2D eigenvalue weighted by Crippen LogP contribution is -2.19. The second kappa shape index (κ2) is 10.5. The van der Waals surface area contributed by atoms with Crippen LogP contribution in [0, 0.1) is 11.6 Å². The molecule has 0 spiro atoms. The molecule has 0 bridgehead atoms. The Kier molecular flexibility index (Phi) is 7.56. The Balaban J connectivity index is 1.72. The topological polar surface area (TPSA) is 92.5 Å². The number of rotatable bonds is 10. The third-order valence-electron chi connectivity index (χ3n) is 4.62. The fourth-order valence-electron chi connectivity index (χ4n) is 2.88. The number of carbonyl (C=O) groups excluding carboxylic acids is 1. The van der Waals surface area contributed by atoms with Crippen LogP contribution in [-0.4, -0.2) is 43.0 Å². The van der Waals surface area contributed by atoms with Gasteiger partial charge >= 0.3 is 0 Å². The maximum Gasteiger partial charge on any atom is 0.252 e. The van der Waals surface area contributed by atoms with Crippen molar-refractivity contribution in [3.05, 3.63) is 77.5 Å². The summed E-state index contributed by atoms with van der Waals surface area (Å²) in [5.74, 6) is -0.909. The number of hydrogen-bond donors (Lipinski definition) is 3. The number of aromatic nitrogens is 1. The van der Waals surface area contributed by atoms with Gasteiger partial charge in [-0.05, 0) is 50.5 Å². The summed E-state index contributed by atoms with van der Waals surface area (Å²) in [6.07, 6.45) is 1.31. The number of halogens is 2. The van der Waals surface area contributed by atoms with Crippen molar-refractivity contribution in [2.24, 2.45) is 5.73 Å². The van der Waals surface area contributed by atoms with E-state index in [1.165, 1.54) is 24.4 Å². The Labute approximate surface area is 185 Å².